The van der Waals surface area contributed by atoms with Gasteiger partial charge in [-0.3, -0.25) is 0 Å². The summed E-state index contributed by atoms with van der Waals surface area (Å²) in [6.45, 7) is 7.26. The molecule has 0 radical (unpaired) electrons. The Bertz CT molecular complexity index is 260. The van der Waals surface area contributed by atoms with E-state index in [1.54, 1.807) is 0 Å². The smallest absolute Gasteiger partial charge is 0.154 e. The Kier molecular flexibility index (Phi) is 2.39. The highest BCUT2D eigenvalue weighted by atomic mass is 16.5. The van der Waals surface area contributed by atoms with Crippen LogP contribution in [-0.4, -0.2) is 32.1 Å². The molecule has 1 saturated heterocycles. The first-order valence-electron chi connectivity index (χ1n) is 4.76. The third kappa shape index (κ3) is 1.76. The lowest BCUT2D eigenvalue weighted by Gasteiger charge is -2.52. The molecule has 14 heavy (non-hydrogen) atoms. The second-order valence-electron chi connectivity index (χ2n) is 5.43. The lowest BCUT2D eigenvalue weighted by atomic mass is 9.73. The average molecular weight is 198 g/mol. The normalized spacial score (nSPS) is 29.5. The van der Waals surface area contributed by atoms with E-state index in [4.69, 9.17) is 5.26 Å². The molecule has 1 fully saturated rings. The maximum atomic E-state index is 9.97. The van der Waals surface area contributed by atoms with Crippen LogP contribution in [0, 0.1) is 11.3 Å². The molecule has 0 saturated carbocycles. The van der Waals surface area contributed by atoms with Crippen molar-refractivity contribution in [2.24, 2.45) is 0 Å². The zero-order valence-electron chi connectivity index (χ0n) is 9.20. The van der Waals surface area contributed by atoms with Crippen LogP contribution in [0.4, 0.5) is 0 Å². The molecule has 1 rings (SSSR count). The molecule has 4 heteroatoms. The van der Waals surface area contributed by atoms with Crippen LogP contribution in [0.15, 0.2) is 0 Å². The van der Waals surface area contributed by atoms with E-state index in [1.807, 2.05) is 33.8 Å². The van der Waals surface area contributed by atoms with Crippen LogP contribution in [-0.2, 0) is 0 Å². The second-order valence-corrected chi connectivity index (χ2v) is 5.43. The minimum atomic E-state index is -1.33. The summed E-state index contributed by atoms with van der Waals surface area (Å²) in [6, 6.07) is 1.93. The first-order valence-corrected chi connectivity index (χ1v) is 4.76. The van der Waals surface area contributed by atoms with E-state index in [1.165, 1.54) is 5.06 Å². The summed E-state index contributed by atoms with van der Waals surface area (Å²) in [5.41, 5.74) is -2.48. The predicted octanol–water partition coefficient (Wildman–Crippen LogP) is 1.28. The minimum absolute atomic E-state index is 0.260. The van der Waals surface area contributed by atoms with Gasteiger partial charge in [-0.1, -0.05) is 0 Å². The molecule has 1 heterocycles. The monoisotopic (exact) mass is 198 g/mol. The van der Waals surface area contributed by atoms with Crippen molar-refractivity contribution in [2.75, 3.05) is 0 Å². The molecule has 0 aromatic heterocycles. The highest BCUT2D eigenvalue weighted by molar-refractivity contribution is 5.12. The fourth-order valence-electron chi connectivity index (χ4n) is 2.54. The SMILES string of the molecule is CC1(C)CC(O)(C#N)CC(C)(C)N1O. The van der Waals surface area contributed by atoms with Gasteiger partial charge in [0.15, 0.2) is 5.60 Å². The Labute approximate surface area is 84.7 Å². The van der Waals surface area contributed by atoms with Gasteiger partial charge < -0.3 is 10.3 Å². The van der Waals surface area contributed by atoms with Gasteiger partial charge in [-0.05, 0) is 27.7 Å². The summed E-state index contributed by atoms with van der Waals surface area (Å²) < 4.78 is 0. The molecule has 0 aromatic carbocycles. The van der Waals surface area contributed by atoms with E-state index in [9.17, 15) is 10.3 Å². The molecule has 1 aliphatic rings. The fraction of sp³-hybridized carbons (Fsp3) is 0.900. The van der Waals surface area contributed by atoms with Crippen LogP contribution in [0.3, 0.4) is 0 Å². The molecule has 0 aromatic rings. The van der Waals surface area contributed by atoms with Gasteiger partial charge in [0, 0.05) is 23.9 Å². The first-order chi connectivity index (χ1) is 6.13. The molecule has 0 aliphatic carbocycles. The molecule has 80 valence electrons. The van der Waals surface area contributed by atoms with E-state index in [2.05, 4.69) is 0 Å². The molecule has 0 atom stereocenters. The summed E-state index contributed by atoms with van der Waals surface area (Å²) in [5, 5.41) is 30.0. The van der Waals surface area contributed by atoms with Crippen LogP contribution < -0.4 is 0 Å². The zero-order valence-corrected chi connectivity index (χ0v) is 9.20. The van der Waals surface area contributed by atoms with Crippen LogP contribution >= 0.6 is 0 Å². The van der Waals surface area contributed by atoms with Gasteiger partial charge in [0.25, 0.3) is 0 Å². The van der Waals surface area contributed by atoms with Gasteiger partial charge in [0.1, 0.15) is 0 Å². The summed E-state index contributed by atoms with van der Waals surface area (Å²) in [4.78, 5) is 0. The Morgan fingerprint density at radius 2 is 1.50 bits per heavy atom. The number of rotatable bonds is 0. The van der Waals surface area contributed by atoms with Crippen LogP contribution in [0.2, 0.25) is 0 Å². The predicted molar refractivity (Wildman–Crippen MR) is 51.6 cm³/mol. The lowest BCUT2D eigenvalue weighted by Crippen LogP contribution is -2.63. The number of hydroxylamine groups is 2. The van der Waals surface area contributed by atoms with E-state index < -0.39 is 16.7 Å². The summed E-state index contributed by atoms with van der Waals surface area (Å²) in [7, 11) is 0. The molecule has 0 bridgehead atoms. The minimum Gasteiger partial charge on any atom is -0.375 e. The maximum Gasteiger partial charge on any atom is 0.154 e. The molecule has 0 amide bonds. The highest BCUT2D eigenvalue weighted by Crippen LogP contribution is 2.41. The summed E-state index contributed by atoms with van der Waals surface area (Å²) >= 11 is 0. The lowest BCUT2D eigenvalue weighted by molar-refractivity contribution is -0.266. The molecule has 2 N–H and O–H groups in total. The van der Waals surface area contributed by atoms with Crippen LogP contribution in [0.1, 0.15) is 40.5 Å². The molecule has 0 unspecified atom stereocenters. The van der Waals surface area contributed by atoms with Gasteiger partial charge in [-0.15, -0.1) is 0 Å². The Morgan fingerprint density at radius 3 is 1.79 bits per heavy atom. The van der Waals surface area contributed by atoms with Gasteiger partial charge in [0.05, 0.1) is 6.07 Å². The number of aliphatic hydroxyl groups is 1. The van der Waals surface area contributed by atoms with Crippen LogP contribution in [0.25, 0.3) is 0 Å². The summed E-state index contributed by atoms with van der Waals surface area (Å²) in [6.07, 6.45) is 0.521. The van der Waals surface area contributed by atoms with Gasteiger partial charge in [-0.2, -0.15) is 10.3 Å². The second kappa shape index (κ2) is 2.93. The maximum absolute atomic E-state index is 9.97. The number of hydrogen-bond acceptors (Lipinski definition) is 4. The average Bonchev–Trinajstić information content (AvgIpc) is 1.99. The van der Waals surface area contributed by atoms with Gasteiger partial charge in [0.2, 0.25) is 0 Å². The Hall–Kier alpha value is -0.630. The fourth-order valence-corrected chi connectivity index (χ4v) is 2.54. The van der Waals surface area contributed by atoms with Crippen molar-refractivity contribution in [3.63, 3.8) is 0 Å². The number of hydrogen-bond donors (Lipinski definition) is 2. The number of nitrogens with zero attached hydrogens (tertiary/aromatic N) is 2. The quantitative estimate of drug-likeness (QED) is 0.575. The number of nitriles is 1. The van der Waals surface area contributed by atoms with Crippen molar-refractivity contribution in [2.45, 2.75) is 57.2 Å². The summed E-state index contributed by atoms with van der Waals surface area (Å²) in [5.74, 6) is 0. The standard InChI is InChI=1S/C10H18N2O2/c1-8(2)5-10(13,7-11)6-9(3,4)12(8)14/h13-14H,5-6H2,1-4H3. The molecule has 4 nitrogen and oxygen atoms in total. The molecule has 0 spiro atoms. The molecular weight excluding hydrogens is 180 g/mol. The van der Waals surface area contributed by atoms with E-state index >= 15 is 0 Å². The topological polar surface area (TPSA) is 67.5 Å². The van der Waals surface area contributed by atoms with E-state index in [-0.39, 0.29) is 12.8 Å². The van der Waals surface area contributed by atoms with Crippen LogP contribution in [0.5, 0.6) is 0 Å². The van der Waals surface area contributed by atoms with Crippen molar-refractivity contribution in [3.8, 4) is 6.07 Å². The Morgan fingerprint density at radius 1 is 1.14 bits per heavy atom. The van der Waals surface area contributed by atoms with Crippen molar-refractivity contribution >= 4 is 0 Å². The van der Waals surface area contributed by atoms with Gasteiger partial charge in [-0.25, -0.2) is 0 Å². The molecular formula is C10H18N2O2. The zero-order chi connectivity index (χ0) is 11.2. The van der Waals surface area contributed by atoms with Crippen molar-refractivity contribution in [3.05, 3.63) is 0 Å². The van der Waals surface area contributed by atoms with E-state index in [0.29, 0.717) is 0 Å². The van der Waals surface area contributed by atoms with Gasteiger partial charge >= 0.3 is 0 Å². The third-order valence-electron chi connectivity index (χ3n) is 2.80. The number of piperidine rings is 1. The largest absolute Gasteiger partial charge is 0.375 e. The first kappa shape index (κ1) is 11.4. The van der Waals surface area contributed by atoms with Crippen molar-refractivity contribution < 1.29 is 10.3 Å². The van der Waals surface area contributed by atoms with Crippen molar-refractivity contribution in [1.29, 1.82) is 5.26 Å². The molecule has 1 aliphatic heterocycles. The van der Waals surface area contributed by atoms with Crippen molar-refractivity contribution in [1.82, 2.24) is 5.06 Å². The third-order valence-corrected chi connectivity index (χ3v) is 2.80. The highest BCUT2D eigenvalue weighted by Gasteiger charge is 2.51. The van der Waals surface area contributed by atoms with E-state index in [0.717, 1.165) is 0 Å². The Balaban J connectivity index is 3.05.